The smallest absolute Gasteiger partial charge is 0.0856 e. The van der Waals surface area contributed by atoms with Gasteiger partial charge in [-0.1, -0.05) is 24.3 Å². The number of nitrogens with one attached hydrogen (secondary N) is 1. The lowest BCUT2D eigenvalue weighted by Crippen LogP contribution is -2.35. The van der Waals surface area contributed by atoms with Gasteiger partial charge in [-0.05, 0) is 25.1 Å². The minimum Gasteiger partial charge on any atom is -0.390 e. The van der Waals surface area contributed by atoms with Gasteiger partial charge in [0.2, 0.25) is 0 Å². The summed E-state index contributed by atoms with van der Waals surface area (Å²) in [5.41, 5.74) is 7.72. The molecule has 0 spiro atoms. The van der Waals surface area contributed by atoms with Crippen LogP contribution in [0.2, 0.25) is 0 Å². The highest BCUT2D eigenvalue weighted by Crippen LogP contribution is 2.19. The number of aryl methyl sites for hydroxylation is 1. The molecule has 0 bridgehead atoms. The van der Waals surface area contributed by atoms with Crippen LogP contribution in [0.1, 0.15) is 17.2 Å². The normalized spacial score (nSPS) is 15.1. The van der Waals surface area contributed by atoms with Crippen LogP contribution >= 0.6 is 0 Å². The first kappa shape index (κ1) is 11.2. The lowest BCUT2D eigenvalue weighted by Gasteiger charge is -2.23. The maximum absolute atomic E-state index is 9.71. The molecule has 0 aliphatic heterocycles. The highest BCUT2D eigenvalue weighted by molar-refractivity contribution is 5.29. The highest BCUT2D eigenvalue weighted by Gasteiger charge is 2.18. The van der Waals surface area contributed by atoms with Gasteiger partial charge < -0.3 is 16.2 Å². The second-order valence-electron chi connectivity index (χ2n) is 3.43. The Labute approximate surface area is 84.9 Å². The molecule has 0 aliphatic rings. The first-order valence-electron chi connectivity index (χ1n) is 4.81. The van der Waals surface area contributed by atoms with Crippen molar-refractivity contribution in [2.24, 2.45) is 5.73 Å². The molecule has 0 aromatic heterocycles. The SMILES string of the molecule is CNC(c1ccccc1C)C(O)CN. The molecule has 78 valence electrons. The molecule has 0 amide bonds. The topological polar surface area (TPSA) is 58.3 Å². The van der Waals surface area contributed by atoms with E-state index in [1.807, 2.05) is 38.2 Å². The van der Waals surface area contributed by atoms with Crippen LogP contribution in [0.3, 0.4) is 0 Å². The largest absolute Gasteiger partial charge is 0.390 e. The fourth-order valence-electron chi connectivity index (χ4n) is 1.63. The summed E-state index contributed by atoms with van der Waals surface area (Å²) in [6.45, 7) is 2.29. The Balaban J connectivity index is 2.94. The number of rotatable bonds is 4. The van der Waals surface area contributed by atoms with Gasteiger partial charge >= 0.3 is 0 Å². The molecule has 0 aliphatic carbocycles. The van der Waals surface area contributed by atoms with E-state index in [1.165, 1.54) is 5.56 Å². The lowest BCUT2D eigenvalue weighted by atomic mass is 9.97. The minimum absolute atomic E-state index is 0.0822. The summed E-state index contributed by atoms with van der Waals surface area (Å²) in [6, 6.07) is 7.91. The van der Waals surface area contributed by atoms with Gasteiger partial charge in [0.25, 0.3) is 0 Å². The number of hydrogen-bond acceptors (Lipinski definition) is 3. The first-order chi connectivity index (χ1) is 6.70. The predicted octanol–water partition coefficient (Wildman–Crippen LogP) is 0.575. The Morgan fingerprint density at radius 3 is 2.57 bits per heavy atom. The molecule has 0 heterocycles. The zero-order valence-corrected chi connectivity index (χ0v) is 8.70. The van der Waals surface area contributed by atoms with Gasteiger partial charge in [-0.25, -0.2) is 0 Å². The van der Waals surface area contributed by atoms with Gasteiger partial charge in [-0.3, -0.25) is 0 Å². The quantitative estimate of drug-likeness (QED) is 0.657. The minimum atomic E-state index is -0.541. The Morgan fingerprint density at radius 1 is 1.43 bits per heavy atom. The summed E-state index contributed by atoms with van der Waals surface area (Å²) in [5, 5.41) is 12.8. The second kappa shape index (κ2) is 5.10. The van der Waals surface area contributed by atoms with Crippen LogP contribution < -0.4 is 11.1 Å². The molecular formula is C11H18N2O. The van der Waals surface area contributed by atoms with Gasteiger partial charge in [0.1, 0.15) is 0 Å². The van der Waals surface area contributed by atoms with Crippen LogP contribution in [0.15, 0.2) is 24.3 Å². The molecule has 2 atom stereocenters. The first-order valence-corrected chi connectivity index (χ1v) is 4.81. The van der Waals surface area contributed by atoms with Crippen molar-refractivity contribution < 1.29 is 5.11 Å². The van der Waals surface area contributed by atoms with Gasteiger partial charge in [0.15, 0.2) is 0 Å². The van der Waals surface area contributed by atoms with Crippen LogP contribution in [0.25, 0.3) is 0 Å². The van der Waals surface area contributed by atoms with Crippen LogP contribution in [-0.4, -0.2) is 24.8 Å². The average molecular weight is 194 g/mol. The number of likely N-dealkylation sites (N-methyl/N-ethyl adjacent to an activating group) is 1. The number of benzene rings is 1. The molecule has 0 radical (unpaired) electrons. The number of aliphatic hydroxyl groups is 1. The molecular weight excluding hydrogens is 176 g/mol. The van der Waals surface area contributed by atoms with Gasteiger partial charge in [-0.2, -0.15) is 0 Å². The Kier molecular flexibility index (Phi) is 4.07. The summed E-state index contributed by atoms with van der Waals surface area (Å²) in [5.74, 6) is 0. The maximum atomic E-state index is 9.71. The monoisotopic (exact) mass is 194 g/mol. The van der Waals surface area contributed by atoms with Crippen molar-refractivity contribution in [2.75, 3.05) is 13.6 Å². The van der Waals surface area contributed by atoms with E-state index in [2.05, 4.69) is 5.32 Å². The Bertz CT molecular complexity index is 288. The van der Waals surface area contributed by atoms with Crippen LogP contribution in [0.5, 0.6) is 0 Å². The maximum Gasteiger partial charge on any atom is 0.0856 e. The van der Waals surface area contributed by atoms with Crippen molar-refractivity contribution in [1.29, 1.82) is 0 Å². The summed E-state index contributed by atoms with van der Waals surface area (Å²) in [6.07, 6.45) is -0.541. The molecule has 1 rings (SSSR count). The molecule has 0 fully saturated rings. The van der Waals surface area contributed by atoms with Crippen molar-refractivity contribution >= 4 is 0 Å². The Morgan fingerprint density at radius 2 is 2.07 bits per heavy atom. The third kappa shape index (κ3) is 2.32. The zero-order valence-electron chi connectivity index (χ0n) is 8.70. The Hall–Kier alpha value is -0.900. The van der Waals surface area contributed by atoms with E-state index in [1.54, 1.807) is 0 Å². The van der Waals surface area contributed by atoms with Crippen molar-refractivity contribution in [2.45, 2.75) is 19.1 Å². The lowest BCUT2D eigenvalue weighted by molar-refractivity contribution is 0.139. The van der Waals surface area contributed by atoms with Gasteiger partial charge in [-0.15, -0.1) is 0 Å². The molecule has 0 saturated heterocycles. The molecule has 3 nitrogen and oxygen atoms in total. The molecule has 1 aromatic carbocycles. The molecule has 2 unspecified atom stereocenters. The number of nitrogens with two attached hydrogens (primary N) is 1. The van der Waals surface area contributed by atoms with Gasteiger partial charge in [0.05, 0.1) is 12.1 Å². The van der Waals surface area contributed by atoms with Crippen molar-refractivity contribution in [3.05, 3.63) is 35.4 Å². The van der Waals surface area contributed by atoms with Crippen molar-refractivity contribution in [3.63, 3.8) is 0 Å². The van der Waals surface area contributed by atoms with Crippen LogP contribution in [-0.2, 0) is 0 Å². The number of hydrogen-bond donors (Lipinski definition) is 3. The van der Waals surface area contributed by atoms with E-state index in [-0.39, 0.29) is 12.6 Å². The standard InChI is InChI=1S/C11H18N2O/c1-8-5-3-4-6-9(8)11(13-2)10(14)7-12/h3-6,10-11,13-14H,7,12H2,1-2H3. The highest BCUT2D eigenvalue weighted by atomic mass is 16.3. The van der Waals surface area contributed by atoms with E-state index in [0.29, 0.717) is 0 Å². The van der Waals surface area contributed by atoms with E-state index in [0.717, 1.165) is 5.56 Å². The zero-order chi connectivity index (χ0) is 10.6. The van der Waals surface area contributed by atoms with Crippen molar-refractivity contribution in [1.82, 2.24) is 5.32 Å². The molecule has 14 heavy (non-hydrogen) atoms. The molecule has 0 saturated carbocycles. The van der Waals surface area contributed by atoms with E-state index >= 15 is 0 Å². The predicted molar refractivity (Wildman–Crippen MR) is 58.0 cm³/mol. The molecule has 1 aromatic rings. The third-order valence-corrected chi connectivity index (χ3v) is 2.46. The van der Waals surface area contributed by atoms with Crippen LogP contribution in [0.4, 0.5) is 0 Å². The van der Waals surface area contributed by atoms with Gasteiger partial charge in [0, 0.05) is 6.54 Å². The molecule has 3 heteroatoms. The second-order valence-corrected chi connectivity index (χ2v) is 3.43. The van der Waals surface area contributed by atoms with E-state index in [4.69, 9.17) is 5.73 Å². The fraction of sp³-hybridized carbons (Fsp3) is 0.455. The summed E-state index contributed by atoms with van der Waals surface area (Å²) in [7, 11) is 1.83. The average Bonchev–Trinajstić information content (AvgIpc) is 2.21. The summed E-state index contributed by atoms with van der Waals surface area (Å²) >= 11 is 0. The molecule has 4 N–H and O–H groups in total. The summed E-state index contributed by atoms with van der Waals surface area (Å²) < 4.78 is 0. The summed E-state index contributed by atoms with van der Waals surface area (Å²) in [4.78, 5) is 0. The fourth-order valence-corrected chi connectivity index (χ4v) is 1.63. The third-order valence-electron chi connectivity index (χ3n) is 2.46. The van der Waals surface area contributed by atoms with Crippen LogP contribution in [0, 0.1) is 6.92 Å². The van der Waals surface area contributed by atoms with E-state index in [9.17, 15) is 5.11 Å². The van der Waals surface area contributed by atoms with E-state index < -0.39 is 6.10 Å². The number of aliphatic hydroxyl groups excluding tert-OH is 1. The van der Waals surface area contributed by atoms with Crippen molar-refractivity contribution in [3.8, 4) is 0 Å².